The van der Waals surface area contributed by atoms with Gasteiger partial charge in [0.05, 0.1) is 0 Å². The molecule has 2 aromatic rings. The minimum atomic E-state index is 1.31. The van der Waals surface area contributed by atoms with Crippen molar-refractivity contribution >= 4 is 0 Å². The molecule has 0 aromatic heterocycles. The first-order valence-electron chi connectivity index (χ1n) is 3.98. The summed E-state index contributed by atoms with van der Waals surface area (Å²) in [5.41, 5.74) is 5.31. The van der Waals surface area contributed by atoms with Crippen LogP contribution in [0, 0.1) is 12.1 Å². The summed E-state index contributed by atoms with van der Waals surface area (Å²) in [5, 5.41) is 0. The Morgan fingerprint density at radius 1 is 0.667 bits per heavy atom. The Bertz CT molecular complexity index is 341. The highest BCUT2D eigenvalue weighted by molar-refractivity contribution is 6.01. The smallest absolute Gasteiger partial charge is 0.00921 e. The zero-order chi connectivity index (χ0) is 7.97. The molecule has 0 fully saturated rings. The van der Waals surface area contributed by atoms with E-state index in [-0.39, 0.29) is 0 Å². The van der Waals surface area contributed by atoms with Crippen LogP contribution in [0.15, 0.2) is 36.4 Å². The summed E-state index contributed by atoms with van der Waals surface area (Å²) in [5.74, 6) is 0. The molecule has 0 bridgehead atoms. The fraction of sp³-hybridized carbons (Fsp3) is 0. The molecule has 0 amide bonds. The maximum atomic E-state index is 2.97. The molecule has 3 rings (SSSR count). The van der Waals surface area contributed by atoms with Crippen LogP contribution >= 0.6 is 0 Å². The van der Waals surface area contributed by atoms with Gasteiger partial charge in [0.25, 0.3) is 0 Å². The molecule has 0 saturated carbocycles. The lowest BCUT2D eigenvalue weighted by Crippen LogP contribution is -1.96. The first-order valence-corrected chi connectivity index (χ1v) is 3.98. The first kappa shape index (κ1) is 6.01. The fourth-order valence-electron chi connectivity index (χ4n) is 1.72. The minimum absolute atomic E-state index is 1.31. The number of hydrogen-bond acceptors (Lipinski definition) is 0. The van der Waals surface area contributed by atoms with Crippen LogP contribution in [0.3, 0.4) is 0 Å². The second kappa shape index (κ2) is 1.98. The zero-order valence-electron chi connectivity index (χ0n) is 6.46. The van der Waals surface area contributed by atoms with E-state index in [0.717, 1.165) is 0 Å². The molecule has 12 heavy (non-hydrogen) atoms. The molecule has 2 aromatic carbocycles. The summed E-state index contributed by atoms with van der Waals surface area (Å²) in [4.78, 5) is 0. The van der Waals surface area contributed by atoms with Crippen molar-refractivity contribution in [2.24, 2.45) is 0 Å². The molecule has 0 heteroatoms. The lowest BCUT2D eigenvalue weighted by atomic mass is 9.81. The van der Waals surface area contributed by atoms with Crippen molar-refractivity contribution < 1.29 is 0 Å². The maximum Gasteiger partial charge on any atom is -0.00921 e. The molecule has 0 nitrogen and oxygen atoms in total. The van der Waals surface area contributed by atoms with Crippen molar-refractivity contribution in [1.29, 1.82) is 0 Å². The molecular formula is C12H6. The van der Waals surface area contributed by atoms with Crippen molar-refractivity contribution in [3.8, 4) is 22.3 Å². The topological polar surface area (TPSA) is 0 Å². The van der Waals surface area contributed by atoms with Gasteiger partial charge in [0.15, 0.2) is 0 Å². The van der Waals surface area contributed by atoms with Crippen molar-refractivity contribution in [2.75, 3.05) is 0 Å². The number of hydrogen-bond donors (Lipinski definition) is 0. The van der Waals surface area contributed by atoms with Gasteiger partial charge in [-0.05, 0) is 46.5 Å². The van der Waals surface area contributed by atoms with Gasteiger partial charge in [0, 0.05) is 0 Å². The Kier molecular flexibility index (Phi) is 0.991. The van der Waals surface area contributed by atoms with Crippen LogP contribution in [0.1, 0.15) is 0 Å². The average molecular weight is 150 g/mol. The summed E-state index contributed by atoms with van der Waals surface area (Å²) in [6, 6.07) is 18.4. The van der Waals surface area contributed by atoms with Gasteiger partial charge < -0.3 is 0 Å². The number of fused-ring (bicyclic) bond motifs is 4. The van der Waals surface area contributed by atoms with Crippen LogP contribution in [0.4, 0.5) is 0 Å². The molecule has 0 unspecified atom stereocenters. The van der Waals surface area contributed by atoms with E-state index < -0.39 is 0 Å². The Labute approximate surface area is 71.5 Å². The Hall–Kier alpha value is -1.56. The summed E-state index contributed by atoms with van der Waals surface area (Å²) < 4.78 is 0. The minimum Gasteiger partial charge on any atom is -0.0616 e. The van der Waals surface area contributed by atoms with E-state index in [2.05, 4.69) is 36.4 Å². The highest BCUT2D eigenvalue weighted by Crippen LogP contribution is 2.45. The van der Waals surface area contributed by atoms with Gasteiger partial charge in [-0.25, -0.2) is 0 Å². The third-order valence-corrected chi connectivity index (χ3v) is 2.31. The molecular weight excluding hydrogens is 144 g/mol. The Morgan fingerprint density at radius 3 is 1.67 bits per heavy atom. The Balaban J connectivity index is 2.34. The van der Waals surface area contributed by atoms with Crippen molar-refractivity contribution in [1.82, 2.24) is 0 Å². The summed E-state index contributed by atoms with van der Waals surface area (Å²) in [6.07, 6.45) is 0. The lowest BCUT2D eigenvalue weighted by Gasteiger charge is -2.22. The second-order valence-corrected chi connectivity index (χ2v) is 2.95. The molecule has 0 aliphatic heterocycles. The molecule has 1 aliphatic rings. The third kappa shape index (κ3) is 0.578. The van der Waals surface area contributed by atoms with Crippen LogP contribution in [0.2, 0.25) is 0 Å². The number of rotatable bonds is 0. The molecule has 2 radical (unpaired) electrons. The van der Waals surface area contributed by atoms with Crippen LogP contribution in [-0.4, -0.2) is 0 Å². The maximum absolute atomic E-state index is 2.97. The van der Waals surface area contributed by atoms with E-state index in [4.69, 9.17) is 0 Å². The summed E-state index contributed by atoms with van der Waals surface area (Å²) >= 11 is 0. The largest absolute Gasteiger partial charge is 0.0616 e. The van der Waals surface area contributed by atoms with Crippen LogP contribution in [-0.2, 0) is 0 Å². The first-order chi connectivity index (χ1) is 5.97. The van der Waals surface area contributed by atoms with Crippen molar-refractivity contribution in [3.05, 3.63) is 48.5 Å². The van der Waals surface area contributed by atoms with E-state index in [0.29, 0.717) is 0 Å². The van der Waals surface area contributed by atoms with Crippen LogP contribution in [0.5, 0.6) is 0 Å². The van der Waals surface area contributed by atoms with Gasteiger partial charge in [0.2, 0.25) is 0 Å². The molecule has 0 N–H and O–H groups in total. The predicted molar refractivity (Wildman–Crippen MR) is 48.5 cm³/mol. The van der Waals surface area contributed by atoms with Gasteiger partial charge in [-0.3, -0.25) is 0 Å². The van der Waals surface area contributed by atoms with Crippen LogP contribution < -0.4 is 0 Å². The van der Waals surface area contributed by atoms with E-state index in [9.17, 15) is 0 Å². The monoisotopic (exact) mass is 150 g/mol. The Morgan fingerprint density at radius 2 is 1.17 bits per heavy atom. The van der Waals surface area contributed by atoms with E-state index >= 15 is 0 Å². The number of benzene rings is 2. The molecule has 0 atom stereocenters. The van der Waals surface area contributed by atoms with Gasteiger partial charge >= 0.3 is 0 Å². The van der Waals surface area contributed by atoms with Gasteiger partial charge in [0.1, 0.15) is 0 Å². The van der Waals surface area contributed by atoms with Gasteiger partial charge in [-0.2, -0.15) is 0 Å². The molecule has 54 valence electrons. The lowest BCUT2D eigenvalue weighted by molar-refractivity contribution is 1.51. The average Bonchev–Trinajstić information content (AvgIpc) is 2.14. The fourth-order valence-corrected chi connectivity index (χ4v) is 1.72. The molecule has 0 spiro atoms. The normalized spacial score (nSPS) is 11.3. The summed E-state index contributed by atoms with van der Waals surface area (Å²) in [6.45, 7) is 0. The van der Waals surface area contributed by atoms with E-state index in [1.807, 2.05) is 12.1 Å². The molecule has 0 heterocycles. The van der Waals surface area contributed by atoms with Crippen LogP contribution in [0.25, 0.3) is 22.3 Å². The quantitative estimate of drug-likeness (QED) is 0.462. The highest BCUT2D eigenvalue weighted by Gasteiger charge is 2.19. The summed E-state index contributed by atoms with van der Waals surface area (Å²) in [7, 11) is 0. The SMILES string of the molecule is [c]1[c]cc2c(c1)-c1ccccc1-2. The third-order valence-electron chi connectivity index (χ3n) is 2.31. The molecule has 1 aliphatic carbocycles. The van der Waals surface area contributed by atoms with Crippen molar-refractivity contribution in [2.45, 2.75) is 0 Å². The van der Waals surface area contributed by atoms with Gasteiger partial charge in [-0.15, -0.1) is 0 Å². The van der Waals surface area contributed by atoms with E-state index in [1.165, 1.54) is 22.3 Å². The second-order valence-electron chi connectivity index (χ2n) is 2.95. The van der Waals surface area contributed by atoms with Crippen molar-refractivity contribution in [3.63, 3.8) is 0 Å². The highest BCUT2D eigenvalue weighted by atomic mass is 14.2. The standard InChI is InChI=1S/C12H6/c1-2-6-10-9(5-1)11-7-3-4-8-12(10)11/h1-2,5-8H. The predicted octanol–water partition coefficient (Wildman–Crippen LogP) is 2.93. The van der Waals surface area contributed by atoms with E-state index in [1.54, 1.807) is 0 Å². The van der Waals surface area contributed by atoms with Gasteiger partial charge in [-0.1, -0.05) is 24.3 Å². The molecule has 0 saturated heterocycles. The zero-order valence-corrected chi connectivity index (χ0v) is 6.46.